The van der Waals surface area contributed by atoms with E-state index in [0.29, 0.717) is 24.4 Å². The molecule has 1 aromatic carbocycles. The van der Waals surface area contributed by atoms with Crippen LogP contribution in [0.25, 0.3) is 6.08 Å². The van der Waals surface area contributed by atoms with Crippen molar-refractivity contribution in [3.63, 3.8) is 0 Å². The van der Waals surface area contributed by atoms with Crippen molar-refractivity contribution in [3.8, 4) is 11.8 Å². The number of amidine groups is 1. The molecule has 0 aliphatic carbocycles. The minimum absolute atomic E-state index is 0.196. The number of nitrogens with zero attached hydrogens (tertiary/aromatic N) is 3. The molecule has 1 aromatic rings. The smallest absolute Gasteiger partial charge is 0.318 e. The van der Waals surface area contributed by atoms with Gasteiger partial charge in [0.15, 0.2) is 5.84 Å². The van der Waals surface area contributed by atoms with Gasteiger partial charge in [-0.25, -0.2) is 18.2 Å². The summed E-state index contributed by atoms with van der Waals surface area (Å²) >= 11 is 0. The minimum atomic E-state index is -3.70. The Bertz CT molecular complexity index is 1260. The Kier molecular flexibility index (Phi) is 9.74. The van der Waals surface area contributed by atoms with Crippen LogP contribution in [0.2, 0.25) is 0 Å². The van der Waals surface area contributed by atoms with Gasteiger partial charge in [-0.05, 0) is 73.9 Å². The number of anilines is 1. The van der Waals surface area contributed by atoms with E-state index >= 15 is 0 Å². The van der Waals surface area contributed by atoms with E-state index in [4.69, 9.17) is 5.73 Å². The van der Waals surface area contributed by atoms with Gasteiger partial charge >= 0.3 is 6.03 Å². The zero-order chi connectivity index (χ0) is 27.9. The SMILES string of the molecule is CCCCCCCC#CC1=NC2(CCN(S(=O)(=O)C=Cc3c(C)cc(N(C)C(N)=O)cc3C)CC2)C(=O)N1. The third-order valence-electron chi connectivity index (χ3n) is 7.21. The second kappa shape index (κ2) is 12.6. The third kappa shape index (κ3) is 7.03. The molecule has 0 atom stereocenters. The molecule has 0 radical (unpaired) electrons. The molecule has 1 saturated heterocycles. The van der Waals surface area contributed by atoms with Crippen LogP contribution >= 0.6 is 0 Å². The fraction of sp³-hybridized carbons (Fsp3) is 0.536. The van der Waals surface area contributed by atoms with Crippen LogP contribution in [0.4, 0.5) is 10.5 Å². The van der Waals surface area contributed by atoms with Crippen LogP contribution in [-0.4, -0.2) is 56.2 Å². The molecule has 0 saturated carbocycles. The number of sulfonamides is 1. The van der Waals surface area contributed by atoms with E-state index in [1.807, 2.05) is 13.8 Å². The number of carbonyl (C=O) groups excluding carboxylic acids is 2. The van der Waals surface area contributed by atoms with E-state index in [-0.39, 0.29) is 19.0 Å². The predicted molar refractivity (Wildman–Crippen MR) is 152 cm³/mol. The van der Waals surface area contributed by atoms with Crippen molar-refractivity contribution in [2.24, 2.45) is 10.7 Å². The summed E-state index contributed by atoms with van der Waals surface area (Å²) in [5.74, 6) is 6.26. The van der Waals surface area contributed by atoms with E-state index in [9.17, 15) is 18.0 Å². The quantitative estimate of drug-likeness (QED) is 0.364. The molecule has 3 N–H and O–H groups in total. The van der Waals surface area contributed by atoms with Gasteiger partial charge in [-0.3, -0.25) is 9.69 Å². The Morgan fingerprint density at radius 2 is 1.82 bits per heavy atom. The van der Waals surface area contributed by atoms with Crippen molar-refractivity contribution in [2.75, 3.05) is 25.0 Å². The number of hydrogen-bond donors (Lipinski definition) is 2. The van der Waals surface area contributed by atoms with Gasteiger partial charge in [0.2, 0.25) is 10.0 Å². The summed E-state index contributed by atoms with van der Waals surface area (Å²) in [5, 5.41) is 3.98. The first-order chi connectivity index (χ1) is 18.0. The van der Waals surface area contributed by atoms with Crippen LogP contribution in [0, 0.1) is 25.7 Å². The number of nitrogens with one attached hydrogen (secondary N) is 1. The molecule has 0 aromatic heterocycles. The monoisotopic (exact) mass is 541 g/mol. The van der Waals surface area contributed by atoms with Crippen LogP contribution < -0.4 is 16.0 Å². The van der Waals surface area contributed by atoms with Crippen molar-refractivity contribution < 1.29 is 18.0 Å². The lowest BCUT2D eigenvalue weighted by Gasteiger charge is -2.34. The second-order valence-corrected chi connectivity index (χ2v) is 11.9. The zero-order valence-corrected chi connectivity index (χ0v) is 23.7. The largest absolute Gasteiger partial charge is 0.351 e. The summed E-state index contributed by atoms with van der Waals surface area (Å²) in [6, 6.07) is 3.01. The molecule has 0 bridgehead atoms. The summed E-state index contributed by atoms with van der Waals surface area (Å²) in [6.07, 6.45) is 8.81. The van der Waals surface area contributed by atoms with E-state index in [2.05, 4.69) is 29.1 Å². The Balaban J connectivity index is 1.63. The summed E-state index contributed by atoms with van der Waals surface area (Å²) in [6.45, 7) is 6.28. The number of unbranched alkanes of at least 4 members (excludes halogenated alkanes) is 5. The maximum Gasteiger partial charge on any atom is 0.318 e. The first-order valence-corrected chi connectivity index (χ1v) is 14.7. The average Bonchev–Trinajstić information content (AvgIpc) is 3.16. The van der Waals surface area contributed by atoms with Gasteiger partial charge in [-0.1, -0.05) is 38.5 Å². The molecule has 3 amide bonds. The molecular formula is C28H39N5O4S. The summed E-state index contributed by atoms with van der Waals surface area (Å²) in [7, 11) is -2.12. The minimum Gasteiger partial charge on any atom is -0.351 e. The van der Waals surface area contributed by atoms with E-state index in [1.165, 1.54) is 33.9 Å². The van der Waals surface area contributed by atoms with E-state index < -0.39 is 21.6 Å². The Morgan fingerprint density at radius 1 is 1.18 bits per heavy atom. The lowest BCUT2D eigenvalue weighted by Crippen LogP contribution is -2.50. The lowest BCUT2D eigenvalue weighted by atomic mass is 9.89. The predicted octanol–water partition coefficient (Wildman–Crippen LogP) is 3.85. The number of aryl methyl sites for hydroxylation is 2. The van der Waals surface area contributed by atoms with Gasteiger partial charge in [0.1, 0.15) is 5.54 Å². The highest BCUT2D eigenvalue weighted by Gasteiger charge is 2.47. The molecule has 2 heterocycles. The van der Waals surface area contributed by atoms with Crippen LogP contribution in [0.15, 0.2) is 22.5 Å². The van der Waals surface area contributed by atoms with Gasteiger partial charge in [0.25, 0.3) is 5.91 Å². The topological polar surface area (TPSA) is 125 Å². The number of aliphatic imine (C=N–C) groups is 1. The van der Waals surface area contributed by atoms with Gasteiger partial charge in [-0.2, -0.15) is 4.31 Å². The Labute approximate surface area is 226 Å². The molecule has 0 unspecified atom stereocenters. The first-order valence-electron chi connectivity index (χ1n) is 13.2. The molecule has 206 valence electrons. The molecule has 1 spiro atoms. The fourth-order valence-corrected chi connectivity index (χ4v) is 5.94. The molecule has 3 rings (SSSR count). The molecule has 2 aliphatic heterocycles. The van der Waals surface area contributed by atoms with Crippen molar-refractivity contribution in [1.82, 2.24) is 9.62 Å². The van der Waals surface area contributed by atoms with Gasteiger partial charge in [-0.15, -0.1) is 0 Å². The number of amides is 3. The Hall–Kier alpha value is -3.16. The first kappa shape index (κ1) is 29.4. The zero-order valence-electron chi connectivity index (χ0n) is 22.8. The highest BCUT2D eigenvalue weighted by Crippen LogP contribution is 2.31. The molecule has 38 heavy (non-hydrogen) atoms. The van der Waals surface area contributed by atoms with Crippen LogP contribution in [0.3, 0.4) is 0 Å². The van der Waals surface area contributed by atoms with Gasteiger partial charge in [0.05, 0.1) is 0 Å². The molecule has 9 nitrogen and oxygen atoms in total. The third-order valence-corrected chi connectivity index (χ3v) is 8.77. The molecule has 10 heteroatoms. The summed E-state index contributed by atoms with van der Waals surface area (Å²) in [4.78, 5) is 30.1. The van der Waals surface area contributed by atoms with Crippen LogP contribution in [0.5, 0.6) is 0 Å². The van der Waals surface area contributed by atoms with Crippen molar-refractivity contribution in [3.05, 3.63) is 34.2 Å². The lowest BCUT2D eigenvalue weighted by molar-refractivity contribution is -0.124. The number of benzene rings is 1. The number of rotatable bonds is 9. The maximum atomic E-state index is 13.1. The van der Waals surface area contributed by atoms with Gasteiger partial charge in [0, 0.05) is 37.7 Å². The van der Waals surface area contributed by atoms with Crippen molar-refractivity contribution in [2.45, 2.75) is 77.7 Å². The summed E-state index contributed by atoms with van der Waals surface area (Å²) < 4.78 is 27.5. The average molecular weight is 542 g/mol. The standard InChI is InChI=1S/C28H39N5O4S/c1-5-6-7-8-9-10-11-12-25-30-26(34)28(31-25)14-16-33(17-15-28)38(36,37)18-13-24-21(2)19-23(20-22(24)3)32(4)27(29)35/h13,18-20H,5-10,14-17H2,1-4H3,(H2,29,35)(H,30,31,34). The number of hydrogen-bond acceptors (Lipinski definition) is 5. The number of piperidine rings is 1. The van der Waals surface area contributed by atoms with Crippen molar-refractivity contribution in [1.29, 1.82) is 0 Å². The van der Waals surface area contributed by atoms with Crippen molar-refractivity contribution >= 4 is 39.6 Å². The molecule has 1 fully saturated rings. The van der Waals surface area contributed by atoms with Gasteiger partial charge < -0.3 is 11.1 Å². The summed E-state index contributed by atoms with van der Waals surface area (Å²) in [5.41, 5.74) is 7.46. The number of carbonyl (C=O) groups is 2. The number of nitrogens with two attached hydrogens (primary N) is 1. The fourth-order valence-electron chi connectivity index (χ4n) is 4.76. The Morgan fingerprint density at radius 3 is 2.42 bits per heavy atom. The number of urea groups is 1. The second-order valence-electron chi connectivity index (χ2n) is 10.0. The highest BCUT2D eigenvalue weighted by atomic mass is 32.2. The maximum absolute atomic E-state index is 13.1. The highest BCUT2D eigenvalue weighted by molar-refractivity contribution is 7.92. The van der Waals surface area contributed by atoms with Crippen LogP contribution in [0.1, 0.15) is 75.0 Å². The van der Waals surface area contributed by atoms with E-state index in [0.717, 1.165) is 36.0 Å². The van der Waals surface area contributed by atoms with E-state index in [1.54, 1.807) is 25.3 Å². The normalized spacial score (nSPS) is 17.3. The van der Waals surface area contributed by atoms with Crippen LogP contribution in [-0.2, 0) is 14.8 Å². The number of primary amides is 1. The molecular weight excluding hydrogens is 502 g/mol. The molecule has 2 aliphatic rings.